The average molecular weight is 315 g/mol. The molecule has 0 saturated heterocycles. The minimum absolute atomic E-state index is 0.522. The summed E-state index contributed by atoms with van der Waals surface area (Å²) >= 11 is 0. The molecule has 0 heterocycles. The van der Waals surface area contributed by atoms with E-state index < -0.39 is 0 Å². The highest BCUT2D eigenvalue weighted by Crippen LogP contribution is 2.14. The molecule has 3 aromatic carbocycles. The molecule has 0 amide bonds. The zero-order valence-corrected chi connectivity index (χ0v) is 13.5. The molecule has 0 aromatic heterocycles. The van der Waals surface area contributed by atoms with E-state index in [1.165, 1.54) is 11.1 Å². The molecule has 3 aromatic rings. The van der Waals surface area contributed by atoms with Crippen molar-refractivity contribution in [2.45, 2.75) is 13.1 Å². The second-order valence-corrected chi connectivity index (χ2v) is 5.63. The van der Waals surface area contributed by atoms with Crippen molar-refractivity contribution in [3.05, 3.63) is 102 Å². The molecule has 120 valence electrons. The van der Waals surface area contributed by atoms with Crippen LogP contribution in [0.4, 0.5) is 5.69 Å². The molecule has 0 aliphatic rings. The van der Waals surface area contributed by atoms with Crippen LogP contribution in [0.3, 0.4) is 0 Å². The van der Waals surface area contributed by atoms with Crippen LogP contribution in [0.5, 0.6) is 0 Å². The van der Waals surface area contributed by atoms with Crippen LogP contribution < -0.4 is 5.73 Å². The minimum atomic E-state index is 0.522. The third-order valence-corrected chi connectivity index (χ3v) is 3.76. The van der Waals surface area contributed by atoms with Gasteiger partial charge >= 0.3 is 0 Å². The highest BCUT2D eigenvalue weighted by molar-refractivity contribution is 5.81. The summed E-state index contributed by atoms with van der Waals surface area (Å²) in [7, 11) is 0. The maximum absolute atomic E-state index is 6.32. The van der Waals surface area contributed by atoms with Gasteiger partial charge in [0.05, 0.1) is 5.69 Å². The standard InChI is InChI=1S/C21H21N3/c22-21(23-20-14-8-3-9-15-20)24(16-18-10-4-1-5-11-18)17-19-12-6-2-7-13-19/h1-15H,16-17H2,(H2,22,23). The molecule has 24 heavy (non-hydrogen) atoms. The quantitative estimate of drug-likeness (QED) is 0.562. The van der Waals surface area contributed by atoms with Crippen LogP contribution in [-0.2, 0) is 13.1 Å². The van der Waals surface area contributed by atoms with Gasteiger partial charge in [0.2, 0.25) is 0 Å². The maximum Gasteiger partial charge on any atom is 0.197 e. The molecular weight excluding hydrogens is 294 g/mol. The Morgan fingerprint density at radius 1 is 0.667 bits per heavy atom. The Bertz CT molecular complexity index is 726. The van der Waals surface area contributed by atoms with E-state index in [2.05, 4.69) is 34.2 Å². The first-order valence-electron chi connectivity index (χ1n) is 8.03. The van der Waals surface area contributed by atoms with Crippen molar-refractivity contribution in [1.29, 1.82) is 0 Å². The lowest BCUT2D eigenvalue weighted by Crippen LogP contribution is -2.36. The Kier molecular flexibility index (Phi) is 5.25. The average Bonchev–Trinajstić information content (AvgIpc) is 2.64. The van der Waals surface area contributed by atoms with E-state index in [4.69, 9.17) is 5.73 Å². The molecule has 0 spiro atoms. The van der Waals surface area contributed by atoms with Crippen molar-refractivity contribution in [2.75, 3.05) is 0 Å². The van der Waals surface area contributed by atoms with E-state index in [1.807, 2.05) is 66.7 Å². The van der Waals surface area contributed by atoms with E-state index in [9.17, 15) is 0 Å². The van der Waals surface area contributed by atoms with Gasteiger partial charge in [-0.15, -0.1) is 0 Å². The van der Waals surface area contributed by atoms with Gasteiger partial charge in [0, 0.05) is 13.1 Å². The van der Waals surface area contributed by atoms with Crippen LogP contribution in [0.1, 0.15) is 11.1 Å². The lowest BCUT2D eigenvalue weighted by molar-refractivity contribution is 0.402. The number of para-hydroxylation sites is 1. The molecule has 0 aliphatic heterocycles. The molecule has 0 radical (unpaired) electrons. The number of guanidine groups is 1. The zero-order valence-electron chi connectivity index (χ0n) is 13.5. The smallest absolute Gasteiger partial charge is 0.197 e. The predicted octanol–water partition coefficient (Wildman–Crippen LogP) is 4.34. The first kappa shape index (κ1) is 15.8. The van der Waals surface area contributed by atoms with Crippen LogP contribution >= 0.6 is 0 Å². The number of benzene rings is 3. The lowest BCUT2D eigenvalue weighted by Gasteiger charge is -2.24. The molecule has 0 saturated carbocycles. The van der Waals surface area contributed by atoms with Crippen LogP contribution in [0.25, 0.3) is 0 Å². The van der Waals surface area contributed by atoms with Gasteiger partial charge in [-0.25, -0.2) is 4.99 Å². The van der Waals surface area contributed by atoms with Crippen molar-refractivity contribution in [3.8, 4) is 0 Å². The summed E-state index contributed by atoms with van der Waals surface area (Å²) in [5.74, 6) is 0.522. The number of aliphatic imine (C=N–C) groups is 1. The first-order valence-corrected chi connectivity index (χ1v) is 8.03. The van der Waals surface area contributed by atoms with Crippen LogP contribution in [0, 0.1) is 0 Å². The SMILES string of the molecule is NC(=Nc1ccccc1)N(Cc1ccccc1)Cc1ccccc1. The Balaban J connectivity index is 1.84. The molecule has 3 rings (SSSR count). The Morgan fingerprint density at radius 3 is 1.54 bits per heavy atom. The number of hydrogen-bond acceptors (Lipinski definition) is 1. The van der Waals surface area contributed by atoms with E-state index in [0.29, 0.717) is 5.96 Å². The van der Waals surface area contributed by atoms with E-state index in [0.717, 1.165) is 18.8 Å². The van der Waals surface area contributed by atoms with Gasteiger partial charge in [0.1, 0.15) is 0 Å². The second kappa shape index (κ2) is 7.97. The van der Waals surface area contributed by atoms with Crippen LogP contribution in [0.2, 0.25) is 0 Å². The van der Waals surface area contributed by atoms with Crippen LogP contribution in [0.15, 0.2) is 96.0 Å². The molecule has 0 fully saturated rings. The summed E-state index contributed by atoms with van der Waals surface area (Å²) in [6.45, 7) is 1.44. The highest BCUT2D eigenvalue weighted by atomic mass is 15.2. The third-order valence-electron chi connectivity index (χ3n) is 3.76. The second-order valence-electron chi connectivity index (χ2n) is 5.63. The first-order chi connectivity index (χ1) is 11.8. The van der Waals surface area contributed by atoms with Gasteiger partial charge < -0.3 is 10.6 Å². The summed E-state index contributed by atoms with van der Waals surface area (Å²) < 4.78 is 0. The third kappa shape index (κ3) is 4.46. The van der Waals surface area contributed by atoms with Crippen molar-refractivity contribution in [3.63, 3.8) is 0 Å². The highest BCUT2D eigenvalue weighted by Gasteiger charge is 2.10. The largest absolute Gasteiger partial charge is 0.369 e. The van der Waals surface area contributed by atoms with E-state index in [-0.39, 0.29) is 0 Å². The normalized spacial score (nSPS) is 11.2. The lowest BCUT2D eigenvalue weighted by atomic mass is 10.2. The summed E-state index contributed by atoms with van der Waals surface area (Å²) in [4.78, 5) is 6.67. The zero-order chi connectivity index (χ0) is 16.6. The Morgan fingerprint density at radius 2 is 1.08 bits per heavy atom. The number of hydrogen-bond donors (Lipinski definition) is 1. The molecule has 0 aliphatic carbocycles. The Hall–Kier alpha value is -3.07. The fourth-order valence-corrected chi connectivity index (χ4v) is 2.53. The number of nitrogens with two attached hydrogens (primary N) is 1. The fourth-order valence-electron chi connectivity index (χ4n) is 2.53. The summed E-state index contributed by atoms with van der Waals surface area (Å²) in [6, 6.07) is 30.4. The van der Waals surface area contributed by atoms with E-state index in [1.54, 1.807) is 0 Å². The molecule has 3 heteroatoms. The fraction of sp³-hybridized carbons (Fsp3) is 0.0952. The molecule has 3 nitrogen and oxygen atoms in total. The van der Waals surface area contributed by atoms with Gasteiger partial charge in [0.25, 0.3) is 0 Å². The topological polar surface area (TPSA) is 41.6 Å². The van der Waals surface area contributed by atoms with Gasteiger partial charge in [-0.1, -0.05) is 78.9 Å². The van der Waals surface area contributed by atoms with E-state index >= 15 is 0 Å². The molecule has 0 unspecified atom stereocenters. The van der Waals surface area contributed by atoms with Crippen molar-refractivity contribution >= 4 is 11.6 Å². The number of rotatable bonds is 5. The molecular formula is C21H21N3. The van der Waals surface area contributed by atoms with Crippen molar-refractivity contribution in [2.24, 2.45) is 10.7 Å². The van der Waals surface area contributed by atoms with Crippen LogP contribution in [-0.4, -0.2) is 10.9 Å². The maximum atomic E-state index is 6.32. The van der Waals surface area contributed by atoms with Gasteiger partial charge in [0.15, 0.2) is 5.96 Å². The minimum Gasteiger partial charge on any atom is -0.369 e. The molecule has 0 atom stereocenters. The Labute approximate surface area is 143 Å². The summed E-state index contributed by atoms with van der Waals surface area (Å²) in [5, 5.41) is 0. The number of nitrogens with zero attached hydrogens (tertiary/aromatic N) is 2. The molecule has 2 N–H and O–H groups in total. The van der Waals surface area contributed by atoms with Gasteiger partial charge in [-0.05, 0) is 23.3 Å². The summed E-state index contributed by atoms with van der Waals surface area (Å²) in [5.41, 5.74) is 9.60. The van der Waals surface area contributed by atoms with Gasteiger partial charge in [-0.2, -0.15) is 0 Å². The predicted molar refractivity (Wildman–Crippen MR) is 99.9 cm³/mol. The monoisotopic (exact) mass is 315 g/mol. The van der Waals surface area contributed by atoms with Crippen molar-refractivity contribution in [1.82, 2.24) is 4.90 Å². The van der Waals surface area contributed by atoms with Crippen molar-refractivity contribution < 1.29 is 0 Å². The summed E-state index contributed by atoms with van der Waals surface area (Å²) in [6.07, 6.45) is 0. The molecule has 0 bridgehead atoms. The van der Waals surface area contributed by atoms with Gasteiger partial charge in [-0.3, -0.25) is 0 Å².